The Morgan fingerprint density at radius 1 is 1.62 bits per heavy atom. The lowest BCUT2D eigenvalue weighted by Gasteiger charge is -1.96. The van der Waals surface area contributed by atoms with Gasteiger partial charge in [-0.05, 0) is 48.1 Å². The number of nitrogens with two attached hydrogens (primary N) is 1. The summed E-state index contributed by atoms with van der Waals surface area (Å²) in [5.41, 5.74) is 8.82. The van der Waals surface area contributed by atoms with E-state index in [1.165, 1.54) is 18.4 Å². The van der Waals surface area contributed by atoms with E-state index in [2.05, 4.69) is 22.9 Å². The van der Waals surface area contributed by atoms with Gasteiger partial charge in [-0.15, -0.1) is 0 Å². The highest BCUT2D eigenvalue weighted by Gasteiger charge is 2.14. The van der Waals surface area contributed by atoms with Gasteiger partial charge in [0.1, 0.15) is 0 Å². The van der Waals surface area contributed by atoms with Crippen LogP contribution in [-0.2, 0) is 6.42 Å². The molecule has 2 heteroatoms. The fraction of sp³-hybridized carbons (Fsp3) is 0.455. The fourth-order valence-corrected chi connectivity index (χ4v) is 2.45. The number of hydrogen-bond acceptors (Lipinski definition) is 2. The van der Waals surface area contributed by atoms with Crippen LogP contribution in [0.3, 0.4) is 0 Å². The summed E-state index contributed by atoms with van der Waals surface area (Å²) in [6.45, 7) is 0. The van der Waals surface area contributed by atoms with Crippen molar-refractivity contribution >= 4 is 11.3 Å². The largest absolute Gasteiger partial charge is 0.327 e. The maximum absolute atomic E-state index is 5.84. The molecule has 0 aromatic carbocycles. The molecule has 1 nitrogen and oxygen atoms in total. The van der Waals surface area contributed by atoms with Gasteiger partial charge in [0, 0.05) is 6.04 Å². The average molecular weight is 193 g/mol. The highest BCUT2D eigenvalue weighted by Crippen LogP contribution is 2.23. The molecule has 1 atom stereocenters. The minimum atomic E-state index is 0.425. The zero-order valence-electron chi connectivity index (χ0n) is 7.70. The molecule has 1 heterocycles. The van der Waals surface area contributed by atoms with Crippen molar-refractivity contribution in [3.8, 4) is 0 Å². The SMILES string of the molecule is NC1CCC(=CCc2ccsc2)C1. The van der Waals surface area contributed by atoms with Crippen molar-refractivity contribution in [2.75, 3.05) is 0 Å². The van der Waals surface area contributed by atoms with Crippen LogP contribution >= 0.6 is 11.3 Å². The summed E-state index contributed by atoms with van der Waals surface area (Å²) in [5.74, 6) is 0. The van der Waals surface area contributed by atoms with Crippen LogP contribution in [-0.4, -0.2) is 6.04 Å². The first-order valence-electron chi connectivity index (χ1n) is 4.79. The van der Waals surface area contributed by atoms with Crippen LogP contribution in [0, 0.1) is 0 Å². The first kappa shape index (κ1) is 8.97. The molecule has 2 N–H and O–H groups in total. The molecule has 0 amide bonds. The standard InChI is InChI=1S/C11H15NS/c12-11-4-3-9(7-11)1-2-10-5-6-13-8-10/h1,5-6,8,11H,2-4,7,12H2. The van der Waals surface area contributed by atoms with Crippen LogP contribution in [0.4, 0.5) is 0 Å². The van der Waals surface area contributed by atoms with Gasteiger partial charge in [0.05, 0.1) is 0 Å². The predicted octanol–water partition coefficient (Wildman–Crippen LogP) is 2.73. The number of hydrogen-bond donors (Lipinski definition) is 1. The number of rotatable bonds is 2. The Balaban J connectivity index is 1.91. The topological polar surface area (TPSA) is 26.0 Å². The highest BCUT2D eigenvalue weighted by molar-refractivity contribution is 7.07. The fourth-order valence-electron chi connectivity index (χ4n) is 1.77. The molecule has 1 unspecified atom stereocenters. The van der Waals surface area contributed by atoms with E-state index in [4.69, 9.17) is 5.73 Å². The highest BCUT2D eigenvalue weighted by atomic mass is 32.1. The normalized spacial score (nSPS) is 25.6. The van der Waals surface area contributed by atoms with Crippen molar-refractivity contribution in [2.24, 2.45) is 5.73 Å². The summed E-state index contributed by atoms with van der Waals surface area (Å²) in [6.07, 6.45) is 6.95. The molecule has 0 spiro atoms. The maximum Gasteiger partial charge on any atom is 0.00791 e. The van der Waals surface area contributed by atoms with Crippen LogP contribution in [0.5, 0.6) is 0 Å². The first-order chi connectivity index (χ1) is 6.34. The molecule has 70 valence electrons. The second-order valence-corrected chi connectivity index (χ2v) is 4.48. The van der Waals surface area contributed by atoms with Gasteiger partial charge in [0.25, 0.3) is 0 Å². The summed E-state index contributed by atoms with van der Waals surface area (Å²) >= 11 is 1.77. The van der Waals surface area contributed by atoms with Gasteiger partial charge in [-0.25, -0.2) is 0 Å². The predicted molar refractivity (Wildman–Crippen MR) is 57.9 cm³/mol. The molecule has 0 aliphatic heterocycles. The minimum absolute atomic E-state index is 0.425. The molecule has 1 aromatic heterocycles. The van der Waals surface area contributed by atoms with Crippen LogP contribution in [0.15, 0.2) is 28.5 Å². The summed E-state index contributed by atoms with van der Waals surface area (Å²) in [5, 5.41) is 4.35. The van der Waals surface area contributed by atoms with Gasteiger partial charge in [0.15, 0.2) is 0 Å². The molecule has 2 rings (SSSR count). The third-order valence-corrected chi connectivity index (χ3v) is 3.30. The van der Waals surface area contributed by atoms with E-state index < -0.39 is 0 Å². The Kier molecular flexibility index (Phi) is 2.81. The molecule has 0 bridgehead atoms. The van der Waals surface area contributed by atoms with Crippen LogP contribution < -0.4 is 5.73 Å². The van der Waals surface area contributed by atoms with E-state index in [9.17, 15) is 0 Å². The smallest absolute Gasteiger partial charge is 0.00791 e. The van der Waals surface area contributed by atoms with Gasteiger partial charge >= 0.3 is 0 Å². The second-order valence-electron chi connectivity index (χ2n) is 3.70. The van der Waals surface area contributed by atoms with E-state index in [-0.39, 0.29) is 0 Å². The van der Waals surface area contributed by atoms with Crippen LogP contribution in [0.1, 0.15) is 24.8 Å². The van der Waals surface area contributed by atoms with Crippen molar-refractivity contribution in [2.45, 2.75) is 31.7 Å². The van der Waals surface area contributed by atoms with Crippen molar-refractivity contribution in [3.05, 3.63) is 34.0 Å². The van der Waals surface area contributed by atoms with Crippen molar-refractivity contribution in [1.82, 2.24) is 0 Å². The Labute approximate surface area is 83.3 Å². The number of allylic oxidation sites excluding steroid dienone is 1. The van der Waals surface area contributed by atoms with Crippen molar-refractivity contribution in [1.29, 1.82) is 0 Å². The first-order valence-corrected chi connectivity index (χ1v) is 5.73. The van der Waals surface area contributed by atoms with Crippen molar-refractivity contribution in [3.63, 3.8) is 0 Å². The van der Waals surface area contributed by atoms with Gasteiger partial charge < -0.3 is 5.73 Å². The lowest BCUT2D eigenvalue weighted by Crippen LogP contribution is -2.13. The molecule has 1 aromatic rings. The van der Waals surface area contributed by atoms with Gasteiger partial charge in [-0.3, -0.25) is 0 Å². The molecule has 0 saturated heterocycles. The molecule has 1 saturated carbocycles. The van der Waals surface area contributed by atoms with E-state index in [0.717, 1.165) is 12.8 Å². The third kappa shape index (κ3) is 2.42. The Morgan fingerprint density at radius 3 is 3.15 bits per heavy atom. The van der Waals surface area contributed by atoms with Gasteiger partial charge in [-0.1, -0.05) is 11.6 Å². The monoisotopic (exact) mass is 193 g/mol. The Bertz CT molecular complexity index is 287. The Hall–Kier alpha value is -0.600. The lowest BCUT2D eigenvalue weighted by atomic mass is 10.1. The average Bonchev–Trinajstić information content (AvgIpc) is 2.71. The van der Waals surface area contributed by atoms with Crippen LogP contribution in [0.2, 0.25) is 0 Å². The van der Waals surface area contributed by atoms with E-state index in [1.807, 2.05) is 0 Å². The molecule has 0 radical (unpaired) electrons. The van der Waals surface area contributed by atoms with E-state index in [1.54, 1.807) is 16.9 Å². The van der Waals surface area contributed by atoms with Gasteiger partial charge in [-0.2, -0.15) is 11.3 Å². The summed E-state index contributed by atoms with van der Waals surface area (Å²) < 4.78 is 0. The lowest BCUT2D eigenvalue weighted by molar-refractivity contribution is 0.711. The molecule has 1 aliphatic rings. The third-order valence-electron chi connectivity index (χ3n) is 2.57. The summed E-state index contributed by atoms with van der Waals surface area (Å²) in [4.78, 5) is 0. The molecule has 1 aliphatic carbocycles. The summed E-state index contributed by atoms with van der Waals surface area (Å²) in [7, 11) is 0. The minimum Gasteiger partial charge on any atom is -0.327 e. The molecular formula is C11H15NS. The van der Waals surface area contributed by atoms with Crippen molar-refractivity contribution < 1.29 is 0 Å². The van der Waals surface area contributed by atoms with Gasteiger partial charge in [0.2, 0.25) is 0 Å². The second kappa shape index (κ2) is 4.07. The Morgan fingerprint density at radius 2 is 2.54 bits per heavy atom. The van der Waals surface area contributed by atoms with E-state index in [0.29, 0.717) is 6.04 Å². The molecule has 13 heavy (non-hydrogen) atoms. The maximum atomic E-state index is 5.84. The molecular weight excluding hydrogens is 178 g/mol. The quantitative estimate of drug-likeness (QED) is 0.718. The van der Waals surface area contributed by atoms with E-state index >= 15 is 0 Å². The number of thiophene rings is 1. The molecule has 1 fully saturated rings. The summed E-state index contributed by atoms with van der Waals surface area (Å²) in [6, 6.07) is 2.62. The van der Waals surface area contributed by atoms with Crippen LogP contribution in [0.25, 0.3) is 0 Å². The zero-order valence-corrected chi connectivity index (χ0v) is 8.52. The zero-order chi connectivity index (χ0) is 9.10.